The van der Waals surface area contributed by atoms with Crippen molar-refractivity contribution in [2.24, 2.45) is 0 Å². The highest BCUT2D eigenvalue weighted by Crippen LogP contribution is 2.16. The Bertz CT molecular complexity index is 926. The van der Waals surface area contributed by atoms with Crippen molar-refractivity contribution in [3.05, 3.63) is 90.3 Å². The third-order valence-electron chi connectivity index (χ3n) is 4.97. The minimum absolute atomic E-state index is 0.0588. The number of nitrogens with zero attached hydrogens (tertiary/aromatic N) is 4. The number of piperazine rings is 1. The number of carbonyl (C=O) groups is 1. The number of hydrogen-bond donors (Lipinski definition) is 0. The quantitative estimate of drug-likeness (QED) is 0.646. The van der Waals surface area contributed by atoms with Gasteiger partial charge in [0.05, 0.1) is 12.7 Å². The van der Waals surface area contributed by atoms with Gasteiger partial charge in [0.25, 0.3) is 0 Å². The molecule has 4 rings (SSSR count). The van der Waals surface area contributed by atoms with E-state index in [2.05, 4.69) is 34.3 Å². The van der Waals surface area contributed by atoms with Gasteiger partial charge in [-0.05, 0) is 23.8 Å². The van der Waals surface area contributed by atoms with Crippen molar-refractivity contribution in [1.82, 2.24) is 14.7 Å². The molecular weight excluding hydrogens is 348 g/mol. The van der Waals surface area contributed by atoms with Crippen LogP contribution in [0.25, 0.3) is 6.08 Å². The first-order valence-corrected chi connectivity index (χ1v) is 9.61. The number of rotatable bonds is 5. The average Bonchev–Trinajstić information content (AvgIpc) is 3.21. The van der Waals surface area contributed by atoms with Crippen LogP contribution >= 0.6 is 0 Å². The van der Waals surface area contributed by atoms with Gasteiger partial charge in [-0.15, -0.1) is 0 Å². The summed E-state index contributed by atoms with van der Waals surface area (Å²) in [5.41, 5.74) is 3.36. The summed E-state index contributed by atoms with van der Waals surface area (Å²) in [5.74, 6) is 0.0588. The van der Waals surface area contributed by atoms with E-state index >= 15 is 0 Å². The van der Waals surface area contributed by atoms with Crippen LogP contribution in [-0.2, 0) is 11.3 Å². The van der Waals surface area contributed by atoms with Gasteiger partial charge in [0.15, 0.2) is 0 Å². The molecule has 3 aromatic rings. The van der Waals surface area contributed by atoms with Gasteiger partial charge >= 0.3 is 0 Å². The third kappa shape index (κ3) is 4.49. The van der Waals surface area contributed by atoms with Gasteiger partial charge in [-0.1, -0.05) is 48.5 Å². The van der Waals surface area contributed by atoms with E-state index in [4.69, 9.17) is 0 Å². The minimum atomic E-state index is 0.0588. The Labute approximate surface area is 165 Å². The number of anilines is 1. The second kappa shape index (κ2) is 8.57. The lowest BCUT2D eigenvalue weighted by atomic mass is 10.2. The van der Waals surface area contributed by atoms with Crippen LogP contribution in [0.4, 0.5) is 5.69 Å². The molecule has 0 unspecified atom stereocenters. The van der Waals surface area contributed by atoms with Crippen molar-refractivity contribution in [1.29, 1.82) is 0 Å². The van der Waals surface area contributed by atoms with Crippen LogP contribution in [0.1, 0.15) is 11.1 Å². The van der Waals surface area contributed by atoms with Crippen LogP contribution in [0.3, 0.4) is 0 Å². The molecule has 142 valence electrons. The Morgan fingerprint density at radius 1 is 0.929 bits per heavy atom. The zero-order valence-electron chi connectivity index (χ0n) is 15.8. The zero-order valence-corrected chi connectivity index (χ0v) is 15.8. The predicted octanol–water partition coefficient (Wildman–Crippen LogP) is 3.29. The van der Waals surface area contributed by atoms with Crippen LogP contribution in [-0.4, -0.2) is 46.8 Å². The van der Waals surface area contributed by atoms with E-state index in [1.54, 1.807) is 12.3 Å². The summed E-state index contributed by atoms with van der Waals surface area (Å²) in [6.45, 7) is 3.93. The number of para-hydroxylation sites is 1. The van der Waals surface area contributed by atoms with Gasteiger partial charge < -0.3 is 9.80 Å². The summed E-state index contributed by atoms with van der Waals surface area (Å²) in [6.07, 6.45) is 7.26. The molecule has 5 nitrogen and oxygen atoms in total. The molecule has 0 saturated carbocycles. The maximum Gasteiger partial charge on any atom is 0.246 e. The number of carbonyl (C=O) groups excluding carboxylic acids is 1. The molecule has 1 amide bonds. The lowest BCUT2D eigenvalue weighted by Gasteiger charge is -2.35. The topological polar surface area (TPSA) is 41.4 Å². The van der Waals surface area contributed by atoms with Crippen LogP contribution in [0, 0.1) is 0 Å². The molecule has 0 spiro atoms. The largest absolute Gasteiger partial charge is 0.368 e. The highest BCUT2D eigenvalue weighted by atomic mass is 16.2. The molecule has 28 heavy (non-hydrogen) atoms. The molecule has 1 fully saturated rings. The number of aromatic nitrogens is 2. The molecule has 0 radical (unpaired) electrons. The summed E-state index contributed by atoms with van der Waals surface area (Å²) >= 11 is 0. The summed E-state index contributed by atoms with van der Waals surface area (Å²) in [7, 11) is 0. The molecule has 2 heterocycles. The highest BCUT2D eigenvalue weighted by Gasteiger charge is 2.19. The fourth-order valence-electron chi connectivity index (χ4n) is 3.42. The second-order valence-electron chi connectivity index (χ2n) is 6.94. The van der Waals surface area contributed by atoms with E-state index in [1.807, 2.05) is 58.3 Å². The molecule has 0 N–H and O–H groups in total. The predicted molar refractivity (Wildman–Crippen MR) is 112 cm³/mol. The second-order valence-corrected chi connectivity index (χ2v) is 6.94. The van der Waals surface area contributed by atoms with Crippen LogP contribution in [0.2, 0.25) is 0 Å². The lowest BCUT2D eigenvalue weighted by molar-refractivity contribution is -0.126. The first-order chi connectivity index (χ1) is 13.8. The van der Waals surface area contributed by atoms with Crippen molar-refractivity contribution in [3.63, 3.8) is 0 Å². The van der Waals surface area contributed by atoms with Crippen molar-refractivity contribution in [2.75, 3.05) is 31.1 Å². The van der Waals surface area contributed by atoms with Gasteiger partial charge in [-0.25, -0.2) is 0 Å². The molecule has 2 aromatic carbocycles. The number of benzene rings is 2. The maximum atomic E-state index is 12.5. The minimum Gasteiger partial charge on any atom is -0.368 e. The Balaban J connectivity index is 1.30. The van der Waals surface area contributed by atoms with Crippen LogP contribution in [0.15, 0.2) is 79.1 Å². The van der Waals surface area contributed by atoms with E-state index in [9.17, 15) is 4.79 Å². The smallest absolute Gasteiger partial charge is 0.246 e. The van der Waals surface area contributed by atoms with Crippen molar-refractivity contribution in [3.8, 4) is 0 Å². The SMILES string of the molecule is O=C(/C=C/c1cnn(Cc2ccccc2)c1)N1CCN(c2ccccc2)CC1. The summed E-state index contributed by atoms with van der Waals surface area (Å²) in [4.78, 5) is 16.7. The fraction of sp³-hybridized carbons (Fsp3) is 0.217. The monoisotopic (exact) mass is 372 g/mol. The van der Waals surface area contributed by atoms with Crippen LogP contribution in [0.5, 0.6) is 0 Å². The molecular formula is C23H24N4O. The third-order valence-corrected chi connectivity index (χ3v) is 4.97. The van der Waals surface area contributed by atoms with Gasteiger partial charge in [-0.2, -0.15) is 5.10 Å². The highest BCUT2D eigenvalue weighted by molar-refractivity contribution is 5.91. The maximum absolute atomic E-state index is 12.5. The molecule has 1 saturated heterocycles. The van der Waals surface area contributed by atoms with Gasteiger partial charge in [0.1, 0.15) is 0 Å². The zero-order chi connectivity index (χ0) is 19.2. The molecule has 5 heteroatoms. The lowest BCUT2D eigenvalue weighted by Crippen LogP contribution is -2.48. The molecule has 0 atom stereocenters. The first-order valence-electron chi connectivity index (χ1n) is 9.61. The van der Waals surface area contributed by atoms with Crippen LogP contribution < -0.4 is 4.90 Å². The molecule has 1 aromatic heterocycles. The molecule has 1 aliphatic rings. The summed E-state index contributed by atoms with van der Waals surface area (Å²) in [5, 5.41) is 4.38. The Morgan fingerprint density at radius 3 is 2.32 bits per heavy atom. The average molecular weight is 372 g/mol. The summed E-state index contributed by atoms with van der Waals surface area (Å²) in [6, 6.07) is 20.6. The van der Waals surface area contributed by atoms with Gasteiger partial charge in [-0.3, -0.25) is 9.48 Å². The Kier molecular flexibility index (Phi) is 5.52. The van der Waals surface area contributed by atoms with Crippen molar-refractivity contribution < 1.29 is 4.79 Å². The molecule has 0 bridgehead atoms. The van der Waals surface area contributed by atoms with E-state index in [1.165, 1.54) is 11.3 Å². The molecule has 0 aliphatic carbocycles. The number of hydrogen-bond acceptors (Lipinski definition) is 3. The normalized spacial score (nSPS) is 14.6. The van der Waals surface area contributed by atoms with E-state index in [-0.39, 0.29) is 5.91 Å². The van der Waals surface area contributed by atoms with E-state index in [0.29, 0.717) is 0 Å². The van der Waals surface area contributed by atoms with E-state index < -0.39 is 0 Å². The summed E-state index contributed by atoms with van der Waals surface area (Å²) < 4.78 is 1.89. The Hall–Kier alpha value is -3.34. The number of amides is 1. The van der Waals surface area contributed by atoms with Crippen molar-refractivity contribution >= 4 is 17.7 Å². The Morgan fingerprint density at radius 2 is 1.61 bits per heavy atom. The van der Waals surface area contributed by atoms with Gasteiger partial charge in [0, 0.05) is 49.7 Å². The van der Waals surface area contributed by atoms with E-state index in [0.717, 1.165) is 38.3 Å². The standard InChI is InChI=1S/C23H24N4O/c28-23(26-15-13-25(14-16-26)22-9-5-2-6-10-22)12-11-21-17-24-27(19-21)18-20-7-3-1-4-8-20/h1-12,17,19H,13-16,18H2/b12-11+. The first kappa shape index (κ1) is 18.0. The fourth-order valence-corrected chi connectivity index (χ4v) is 3.42. The van der Waals surface area contributed by atoms with Gasteiger partial charge in [0.2, 0.25) is 5.91 Å². The van der Waals surface area contributed by atoms with Crippen molar-refractivity contribution in [2.45, 2.75) is 6.54 Å². The molecule has 1 aliphatic heterocycles.